The molecule has 0 bridgehead atoms. The molecular weight excluding hydrogens is 546 g/mol. The summed E-state index contributed by atoms with van der Waals surface area (Å²) in [4.78, 5) is 9.45. The van der Waals surface area contributed by atoms with Crippen molar-refractivity contribution in [2.75, 3.05) is 22.9 Å². The van der Waals surface area contributed by atoms with Crippen LogP contribution in [0.4, 0.5) is 11.4 Å². The van der Waals surface area contributed by atoms with Gasteiger partial charge in [0.15, 0.2) is 5.11 Å². The Hall–Kier alpha value is -3.35. The maximum absolute atomic E-state index is 7.05. The molecule has 0 radical (unpaired) electrons. The normalized spacial score (nSPS) is 22.7. The van der Waals surface area contributed by atoms with Gasteiger partial charge in [-0.15, -0.1) is 0 Å². The molecule has 0 saturated carbocycles. The lowest BCUT2D eigenvalue weighted by Crippen LogP contribution is -2.38. The van der Waals surface area contributed by atoms with Gasteiger partial charge < -0.3 is 19.7 Å². The second-order valence-corrected chi connectivity index (χ2v) is 12.7. The lowest BCUT2D eigenvalue weighted by Gasteiger charge is -2.37. The minimum absolute atomic E-state index is 0.0991. The average molecular weight is 584 g/mol. The predicted molar refractivity (Wildman–Crippen MR) is 175 cm³/mol. The number of anilines is 2. The number of piperidine rings is 1. The molecular formula is C34H38ClN5S. The molecule has 4 aromatic rings. The van der Waals surface area contributed by atoms with Crippen molar-refractivity contribution in [2.24, 2.45) is 11.8 Å². The van der Waals surface area contributed by atoms with Gasteiger partial charge in [-0.3, -0.25) is 4.98 Å². The van der Waals surface area contributed by atoms with Gasteiger partial charge in [-0.25, -0.2) is 0 Å². The lowest BCUT2D eigenvalue weighted by atomic mass is 9.91. The van der Waals surface area contributed by atoms with Gasteiger partial charge in [0.05, 0.1) is 28.5 Å². The maximum Gasteiger partial charge on any atom is 0.174 e. The molecule has 2 fully saturated rings. The summed E-state index contributed by atoms with van der Waals surface area (Å²) in [5, 5.41) is 5.07. The fourth-order valence-electron chi connectivity index (χ4n) is 7.09. The summed E-state index contributed by atoms with van der Waals surface area (Å²) >= 11 is 13.1. The molecule has 5 nitrogen and oxygen atoms in total. The Morgan fingerprint density at radius 2 is 1.59 bits per heavy atom. The molecule has 0 spiro atoms. The Labute approximate surface area is 254 Å². The topological polar surface area (TPSA) is 36.3 Å². The molecule has 4 heterocycles. The zero-order chi connectivity index (χ0) is 28.8. The van der Waals surface area contributed by atoms with Crippen molar-refractivity contribution in [2.45, 2.75) is 53.1 Å². The van der Waals surface area contributed by atoms with Gasteiger partial charge in [0, 0.05) is 47.6 Å². The van der Waals surface area contributed by atoms with E-state index >= 15 is 0 Å². The Morgan fingerprint density at radius 1 is 0.878 bits per heavy atom. The van der Waals surface area contributed by atoms with E-state index in [1.54, 1.807) is 0 Å². The van der Waals surface area contributed by atoms with Gasteiger partial charge in [-0.05, 0) is 99.3 Å². The molecule has 1 N–H and O–H groups in total. The molecule has 6 rings (SSSR count). The SMILES string of the molecule is Cc1c([C@H]2[C@@H](c3ccccn3)NC(=S)N2c2ccc(N3C[C@H](C)C[C@H](C)C3)c(Cl)c2)c(C)n(-c2ccccc2)c1C. The van der Waals surface area contributed by atoms with E-state index in [0.29, 0.717) is 16.9 Å². The number of halogens is 1. The van der Waals surface area contributed by atoms with E-state index in [-0.39, 0.29) is 12.1 Å². The lowest BCUT2D eigenvalue weighted by molar-refractivity contribution is 0.357. The summed E-state index contributed by atoms with van der Waals surface area (Å²) in [6.45, 7) is 13.4. The number of rotatable bonds is 5. The zero-order valence-corrected chi connectivity index (χ0v) is 26.0. The molecule has 2 saturated heterocycles. The average Bonchev–Trinajstić information content (AvgIpc) is 3.40. The van der Waals surface area contributed by atoms with E-state index in [1.807, 2.05) is 18.3 Å². The monoisotopic (exact) mass is 583 g/mol. The minimum Gasteiger partial charge on any atom is -0.370 e. The Morgan fingerprint density at radius 3 is 2.24 bits per heavy atom. The van der Waals surface area contributed by atoms with Gasteiger partial charge in [-0.2, -0.15) is 0 Å². The molecule has 2 aliphatic rings. The molecule has 2 aromatic heterocycles. The number of benzene rings is 2. The first kappa shape index (κ1) is 27.8. The van der Waals surface area contributed by atoms with Crippen molar-refractivity contribution in [3.63, 3.8) is 0 Å². The summed E-state index contributed by atoms with van der Waals surface area (Å²) in [7, 11) is 0. The van der Waals surface area contributed by atoms with E-state index in [2.05, 4.69) is 109 Å². The van der Waals surface area contributed by atoms with E-state index in [4.69, 9.17) is 28.8 Å². The molecule has 0 aliphatic carbocycles. The first-order chi connectivity index (χ1) is 19.7. The van der Waals surface area contributed by atoms with Crippen LogP contribution >= 0.6 is 23.8 Å². The number of aromatic nitrogens is 2. The molecule has 212 valence electrons. The van der Waals surface area contributed by atoms with Crippen molar-refractivity contribution >= 4 is 40.3 Å². The van der Waals surface area contributed by atoms with Crippen LogP contribution in [-0.4, -0.2) is 27.8 Å². The van der Waals surface area contributed by atoms with E-state index in [9.17, 15) is 0 Å². The summed E-state index contributed by atoms with van der Waals surface area (Å²) in [6.07, 6.45) is 3.11. The van der Waals surface area contributed by atoms with E-state index in [1.165, 1.54) is 28.9 Å². The number of hydrogen-bond acceptors (Lipinski definition) is 3. The van der Waals surface area contributed by atoms with Gasteiger partial charge in [0.25, 0.3) is 0 Å². The summed E-state index contributed by atoms with van der Waals surface area (Å²) in [5.74, 6) is 1.30. The third-order valence-corrected chi connectivity index (χ3v) is 9.45. The van der Waals surface area contributed by atoms with Crippen LogP contribution in [0.2, 0.25) is 5.02 Å². The van der Waals surface area contributed by atoms with Crippen molar-refractivity contribution in [3.8, 4) is 5.69 Å². The summed E-state index contributed by atoms with van der Waals surface area (Å²) in [5.41, 5.74) is 9.15. The molecule has 7 heteroatoms. The number of pyridine rings is 1. The Bertz CT molecular complexity index is 1560. The van der Waals surface area contributed by atoms with Crippen LogP contribution in [0.15, 0.2) is 72.9 Å². The van der Waals surface area contributed by atoms with E-state index < -0.39 is 0 Å². The fourth-order valence-corrected chi connectivity index (χ4v) is 7.73. The quantitative estimate of drug-likeness (QED) is 0.240. The number of nitrogens with zero attached hydrogens (tertiary/aromatic N) is 4. The van der Waals surface area contributed by atoms with Crippen LogP contribution in [0.1, 0.15) is 60.6 Å². The largest absolute Gasteiger partial charge is 0.370 e. The van der Waals surface area contributed by atoms with Crippen molar-refractivity contribution < 1.29 is 0 Å². The van der Waals surface area contributed by atoms with Crippen LogP contribution in [0.3, 0.4) is 0 Å². The highest BCUT2D eigenvalue weighted by molar-refractivity contribution is 7.80. The smallest absolute Gasteiger partial charge is 0.174 e. The molecule has 41 heavy (non-hydrogen) atoms. The van der Waals surface area contributed by atoms with Crippen LogP contribution in [0, 0.1) is 32.6 Å². The highest BCUT2D eigenvalue weighted by Crippen LogP contribution is 2.46. The minimum atomic E-state index is -0.116. The van der Waals surface area contributed by atoms with Crippen molar-refractivity contribution in [1.29, 1.82) is 0 Å². The molecule has 0 unspecified atom stereocenters. The number of para-hydroxylation sites is 1. The second kappa shape index (κ2) is 11.1. The van der Waals surface area contributed by atoms with Crippen LogP contribution in [0.5, 0.6) is 0 Å². The second-order valence-electron chi connectivity index (χ2n) is 11.9. The maximum atomic E-state index is 7.05. The fraction of sp³-hybridized carbons (Fsp3) is 0.353. The first-order valence-corrected chi connectivity index (χ1v) is 15.3. The number of nitrogens with one attached hydrogen (secondary N) is 1. The first-order valence-electron chi connectivity index (χ1n) is 14.5. The van der Waals surface area contributed by atoms with Gasteiger partial charge in [0.2, 0.25) is 0 Å². The van der Waals surface area contributed by atoms with Crippen molar-refractivity contribution in [1.82, 2.24) is 14.9 Å². The van der Waals surface area contributed by atoms with Gasteiger partial charge in [-0.1, -0.05) is 49.7 Å². The van der Waals surface area contributed by atoms with Crippen molar-refractivity contribution in [3.05, 3.63) is 106 Å². The van der Waals surface area contributed by atoms with Gasteiger partial charge >= 0.3 is 0 Å². The third-order valence-electron chi connectivity index (χ3n) is 8.83. The van der Waals surface area contributed by atoms with Crippen LogP contribution in [0.25, 0.3) is 5.69 Å². The van der Waals surface area contributed by atoms with Gasteiger partial charge in [0.1, 0.15) is 0 Å². The third kappa shape index (κ3) is 5.02. The zero-order valence-electron chi connectivity index (χ0n) is 24.4. The summed E-state index contributed by atoms with van der Waals surface area (Å²) in [6, 6.07) is 22.9. The Kier molecular flexibility index (Phi) is 7.56. The molecule has 0 amide bonds. The van der Waals surface area contributed by atoms with Crippen LogP contribution < -0.4 is 15.1 Å². The van der Waals surface area contributed by atoms with E-state index in [0.717, 1.165) is 40.9 Å². The highest BCUT2D eigenvalue weighted by atomic mass is 35.5. The standard InChI is InChI=1S/C34H38ClN5S/c1-21-17-22(2)20-38(19-21)30-15-14-27(18-28(30)35)40-33(32(37-34(40)41)29-13-9-10-16-36-29)31-23(3)24(4)39(25(31)5)26-11-7-6-8-12-26/h6-16,18,21-22,32-33H,17,19-20H2,1-5H3,(H,37,41)/t21-,22+,32-,33+/m1/s1. The number of hydrogen-bond donors (Lipinski definition) is 1. The molecule has 2 aromatic carbocycles. The number of thiocarbonyl (C=S) groups is 1. The Balaban J connectivity index is 1.47. The molecule has 2 aliphatic heterocycles. The molecule has 4 atom stereocenters. The van der Waals surface area contributed by atoms with Crippen LogP contribution in [-0.2, 0) is 0 Å². The predicted octanol–water partition coefficient (Wildman–Crippen LogP) is 8.11. The highest BCUT2D eigenvalue weighted by Gasteiger charge is 2.43. The summed E-state index contributed by atoms with van der Waals surface area (Å²) < 4.78 is 2.36.